The Morgan fingerprint density at radius 3 is 2.25 bits per heavy atom. The van der Waals surface area contributed by atoms with Gasteiger partial charge in [-0.1, -0.05) is 32.0 Å². The van der Waals surface area contributed by atoms with Crippen LogP contribution in [0, 0.1) is 29.1 Å². The minimum Gasteiger partial charge on any atom is -0.310 e. The van der Waals surface area contributed by atoms with E-state index >= 15 is 0 Å². The van der Waals surface area contributed by atoms with Gasteiger partial charge in [-0.2, -0.15) is 0 Å². The van der Waals surface area contributed by atoms with Crippen molar-refractivity contribution in [2.75, 3.05) is 11.4 Å². The molecule has 4 aliphatic carbocycles. The normalized spacial score (nSPS) is 36.5. The number of aliphatic imine (C=N–C) groups is 1. The van der Waals surface area contributed by atoms with E-state index in [1.165, 1.54) is 49.8 Å². The Morgan fingerprint density at radius 1 is 1.07 bits per heavy atom. The summed E-state index contributed by atoms with van der Waals surface area (Å²) in [5.74, 6) is 3.31. The molecule has 1 aliphatic heterocycles. The highest BCUT2D eigenvalue weighted by molar-refractivity contribution is 6.15. The second-order valence-corrected chi connectivity index (χ2v) is 10.4. The number of fused-ring (bicyclic) bond motifs is 1. The van der Waals surface area contributed by atoms with E-state index in [1.807, 2.05) is 4.90 Å². The maximum atomic E-state index is 13.5. The molecule has 0 spiro atoms. The van der Waals surface area contributed by atoms with Crippen LogP contribution in [-0.2, 0) is 4.79 Å². The van der Waals surface area contributed by atoms with E-state index in [0.29, 0.717) is 12.5 Å². The Balaban J connectivity index is 1.66. The third-order valence-electron chi connectivity index (χ3n) is 7.84. The number of carbonyl (C=O) groups is 1. The number of nitrogens with zero attached hydrogens (tertiary/aromatic N) is 2. The van der Waals surface area contributed by atoms with Crippen LogP contribution in [0.3, 0.4) is 0 Å². The number of hydrogen-bond donors (Lipinski definition) is 0. The molecule has 0 N–H and O–H groups in total. The molecule has 4 fully saturated rings. The molecular weight excluding hydrogens is 344 g/mol. The number of likely N-dealkylation sites (N-methyl/N-ethyl adjacent to an activating group) is 1. The van der Waals surface area contributed by atoms with Crippen molar-refractivity contribution in [1.29, 1.82) is 0 Å². The number of para-hydroxylation sites is 1. The smallest absolute Gasteiger partial charge is 0.251 e. The predicted octanol–water partition coefficient (Wildman–Crippen LogP) is 5.47. The molecule has 5 aliphatic rings. The lowest BCUT2D eigenvalue weighted by molar-refractivity contribution is -0.120. The lowest BCUT2D eigenvalue weighted by Gasteiger charge is -2.57. The molecule has 3 heteroatoms. The van der Waals surface area contributed by atoms with E-state index in [4.69, 9.17) is 4.99 Å². The number of benzene rings is 1. The summed E-state index contributed by atoms with van der Waals surface area (Å²) in [4.78, 5) is 20.8. The summed E-state index contributed by atoms with van der Waals surface area (Å²) < 4.78 is 0. The highest BCUT2D eigenvalue weighted by Crippen LogP contribution is 2.61. The van der Waals surface area contributed by atoms with Crippen molar-refractivity contribution in [3.05, 3.63) is 29.8 Å². The van der Waals surface area contributed by atoms with Gasteiger partial charge in [-0.25, -0.2) is 0 Å². The van der Waals surface area contributed by atoms with E-state index in [1.54, 1.807) is 0 Å². The van der Waals surface area contributed by atoms with Crippen LogP contribution in [0.2, 0.25) is 0 Å². The number of benzodiazepines with no additional fused rings is 1. The van der Waals surface area contributed by atoms with E-state index in [0.717, 1.165) is 29.9 Å². The summed E-state index contributed by atoms with van der Waals surface area (Å²) in [6, 6.07) is 8.37. The number of hydrogen-bond acceptors (Lipinski definition) is 2. The number of rotatable bonds is 4. The van der Waals surface area contributed by atoms with Crippen LogP contribution in [0.5, 0.6) is 0 Å². The number of anilines is 1. The average Bonchev–Trinajstić information content (AvgIpc) is 2.75. The van der Waals surface area contributed by atoms with Crippen LogP contribution in [0.4, 0.5) is 5.69 Å². The van der Waals surface area contributed by atoms with Gasteiger partial charge in [0.1, 0.15) is 6.04 Å². The van der Waals surface area contributed by atoms with Crippen molar-refractivity contribution in [3.8, 4) is 0 Å². The molecule has 150 valence electrons. The van der Waals surface area contributed by atoms with Crippen LogP contribution in [-0.4, -0.2) is 24.2 Å². The summed E-state index contributed by atoms with van der Waals surface area (Å²) >= 11 is 0. The Labute approximate surface area is 169 Å². The molecule has 1 aromatic carbocycles. The summed E-state index contributed by atoms with van der Waals surface area (Å²) in [6.07, 6.45) is 9.03. The van der Waals surface area contributed by atoms with Gasteiger partial charge in [0.05, 0.1) is 11.4 Å². The molecule has 0 aromatic heterocycles. The van der Waals surface area contributed by atoms with Crippen molar-refractivity contribution in [1.82, 2.24) is 0 Å². The van der Waals surface area contributed by atoms with Gasteiger partial charge in [-0.15, -0.1) is 0 Å². The maximum Gasteiger partial charge on any atom is 0.251 e. The van der Waals surface area contributed by atoms with Crippen molar-refractivity contribution in [2.45, 2.75) is 71.8 Å². The Hall–Kier alpha value is -1.64. The van der Waals surface area contributed by atoms with Gasteiger partial charge < -0.3 is 4.90 Å². The van der Waals surface area contributed by atoms with E-state index in [2.05, 4.69) is 45.0 Å². The Bertz CT molecular complexity index is 773. The molecule has 1 heterocycles. The van der Waals surface area contributed by atoms with Crippen molar-refractivity contribution >= 4 is 17.3 Å². The first-order valence-corrected chi connectivity index (χ1v) is 11.5. The summed E-state index contributed by atoms with van der Waals surface area (Å²) in [5, 5.41) is 0. The lowest BCUT2D eigenvalue weighted by atomic mass is 9.48. The fraction of sp³-hybridized carbons (Fsp3) is 0.680. The molecule has 1 aromatic rings. The summed E-state index contributed by atoms with van der Waals surface area (Å²) in [7, 11) is 0. The van der Waals surface area contributed by atoms with E-state index < -0.39 is 0 Å². The van der Waals surface area contributed by atoms with Crippen molar-refractivity contribution < 1.29 is 4.79 Å². The zero-order valence-corrected chi connectivity index (χ0v) is 17.7. The first kappa shape index (κ1) is 18.4. The molecule has 0 radical (unpaired) electrons. The van der Waals surface area contributed by atoms with Gasteiger partial charge in [0.15, 0.2) is 0 Å². The number of carbonyl (C=O) groups excluding carboxylic acids is 1. The van der Waals surface area contributed by atoms with Crippen LogP contribution >= 0.6 is 0 Å². The lowest BCUT2D eigenvalue weighted by Crippen LogP contribution is -2.50. The minimum atomic E-state index is -0.227. The van der Waals surface area contributed by atoms with E-state index in [9.17, 15) is 4.79 Å². The molecule has 3 nitrogen and oxygen atoms in total. The van der Waals surface area contributed by atoms with Gasteiger partial charge in [0, 0.05) is 17.5 Å². The zero-order chi connectivity index (χ0) is 19.5. The van der Waals surface area contributed by atoms with Crippen molar-refractivity contribution in [3.63, 3.8) is 0 Å². The minimum absolute atomic E-state index is 0.198. The molecule has 1 amide bonds. The monoisotopic (exact) mass is 378 g/mol. The molecule has 6 rings (SSSR count). The van der Waals surface area contributed by atoms with Crippen LogP contribution in [0.1, 0.15) is 71.3 Å². The number of amides is 1. The average molecular weight is 379 g/mol. The zero-order valence-electron chi connectivity index (χ0n) is 17.7. The highest BCUT2D eigenvalue weighted by atomic mass is 16.2. The summed E-state index contributed by atoms with van der Waals surface area (Å²) in [5.41, 5.74) is 3.84. The Kier molecular flexibility index (Phi) is 4.41. The SMILES string of the molecule is CCN1C(=O)[C@@H](CC(C)C)N=C(C23CC4CC(CC(C4)C2)C3)c2ccccc21. The van der Waals surface area contributed by atoms with Gasteiger partial charge in [0.2, 0.25) is 0 Å². The molecule has 0 unspecified atom stereocenters. The van der Waals surface area contributed by atoms with Gasteiger partial charge in [-0.3, -0.25) is 9.79 Å². The summed E-state index contributed by atoms with van der Waals surface area (Å²) in [6.45, 7) is 7.23. The van der Waals surface area contributed by atoms with Gasteiger partial charge in [-0.05, 0) is 81.6 Å². The molecule has 4 saturated carbocycles. The molecule has 4 bridgehead atoms. The first-order valence-electron chi connectivity index (χ1n) is 11.5. The van der Waals surface area contributed by atoms with Gasteiger partial charge >= 0.3 is 0 Å². The Morgan fingerprint density at radius 2 is 1.68 bits per heavy atom. The third-order valence-corrected chi connectivity index (χ3v) is 7.84. The fourth-order valence-corrected chi connectivity index (χ4v) is 7.24. The second-order valence-electron chi connectivity index (χ2n) is 10.4. The molecule has 28 heavy (non-hydrogen) atoms. The highest BCUT2D eigenvalue weighted by Gasteiger charge is 2.54. The van der Waals surface area contributed by atoms with E-state index in [-0.39, 0.29) is 17.4 Å². The fourth-order valence-electron chi connectivity index (χ4n) is 7.24. The predicted molar refractivity (Wildman–Crippen MR) is 115 cm³/mol. The van der Waals surface area contributed by atoms with Crippen molar-refractivity contribution in [2.24, 2.45) is 34.1 Å². The quantitative estimate of drug-likeness (QED) is 0.683. The molecule has 1 atom stereocenters. The van der Waals surface area contributed by atoms with Gasteiger partial charge in [0.25, 0.3) is 5.91 Å². The third kappa shape index (κ3) is 2.84. The first-order chi connectivity index (χ1) is 13.5. The second kappa shape index (κ2) is 6.71. The standard InChI is InChI=1S/C25H34N2O/c1-4-27-22-8-6-5-7-20(22)23(26-21(24(27)28)9-16(2)3)25-13-17-10-18(14-25)12-19(11-17)15-25/h5-8,16-19,21H,4,9-15H2,1-3H3/t17?,18?,19?,21-,25?/m1/s1. The molecular formula is C25H34N2O. The van der Waals surface area contributed by atoms with Crippen LogP contribution < -0.4 is 4.90 Å². The maximum absolute atomic E-state index is 13.5. The largest absolute Gasteiger partial charge is 0.310 e. The van der Waals surface area contributed by atoms with Crippen LogP contribution in [0.15, 0.2) is 29.3 Å². The topological polar surface area (TPSA) is 32.7 Å². The van der Waals surface area contributed by atoms with Crippen LogP contribution in [0.25, 0.3) is 0 Å². The molecule has 0 saturated heterocycles.